The maximum atomic E-state index is 11.5. The van der Waals surface area contributed by atoms with E-state index in [0.717, 1.165) is 52.0 Å². The zero-order chi connectivity index (χ0) is 17.0. The van der Waals surface area contributed by atoms with Crippen molar-refractivity contribution in [2.75, 3.05) is 0 Å². The Hall–Kier alpha value is -3.15. The lowest BCUT2D eigenvalue weighted by molar-refractivity contribution is 0.508. The van der Waals surface area contributed by atoms with Crippen LogP contribution in [0.15, 0.2) is 45.6 Å². The summed E-state index contributed by atoms with van der Waals surface area (Å²) in [6.45, 7) is 2.05. The Balaban J connectivity index is 1.61. The van der Waals surface area contributed by atoms with Crippen LogP contribution in [0.5, 0.6) is 0 Å². The first kappa shape index (κ1) is 14.2. The van der Waals surface area contributed by atoms with Crippen molar-refractivity contribution >= 4 is 11.0 Å². The fraction of sp³-hybridized carbons (Fsp3) is 0.211. The molecule has 2 aromatic heterocycles. The number of hydrogen-bond donors (Lipinski definition) is 2. The van der Waals surface area contributed by atoms with Crippen molar-refractivity contribution in [3.8, 4) is 22.6 Å². The zero-order valence-electron chi connectivity index (χ0n) is 13.7. The first-order valence-corrected chi connectivity index (χ1v) is 8.35. The third-order valence-corrected chi connectivity index (χ3v) is 4.76. The monoisotopic (exact) mass is 332 g/mol. The van der Waals surface area contributed by atoms with Gasteiger partial charge >= 0.3 is 5.69 Å². The number of H-pyrrole nitrogens is 2. The molecule has 1 aliphatic rings. The van der Waals surface area contributed by atoms with Gasteiger partial charge in [0, 0.05) is 11.5 Å². The molecule has 0 radical (unpaired) electrons. The van der Waals surface area contributed by atoms with E-state index in [1.807, 2.05) is 30.3 Å². The van der Waals surface area contributed by atoms with E-state index in [0.29, 0.717) is 11.8 Å². The van der Waals surface area contributed by atoms with Gasteiger partial charge in [0.2, 0.25) is 11.8 Å². The lowest BCUT2D eigenvalue weighted by Gasteiger charge is -2.09. The fourth-order valence-corrected chi connectivity index (χ4v) is 3.22. The second kappa shape index (κ2) is 5.17. The Kier molecular flexibility index (Phi) is 2.94. The highest BCUT2D eigenvalue weighted by molar-refractivity contribution is 5.84. The van der Waals surface area contributed by atoms with Gasteiger partial charge in [-0.2, -0.15) is 0 Å². The van der Waals surface area contributed by atoms with Crippen LogP contribution < -0.4 is 5.69 Å². The summed E-state index contributed by atoms with van der Waals surface area (Å²) in [5.74, 6) is 1.75. The summed E-state index contributed by atoms with van der Waals surface area (Å²) in [7, 11) is 0. The predicted molar refractivity (Wildman–Crippen MR) is 94.4 cm³/mol. The third-order valence-electron chi connectivity index (χ3n) is 4.76. The van der Waals surface area contributed by atoms with Crippen LogP contribution in [-0.4, -0.2) is 20.2 Å². The minimum absolute atomic E-state index is 0.198. The van der Waals surface area contributed by atoms with Gasteiger partial charge in [-0.15, -0.1) is 10.2 Å². The molecule has 4 aromatic rings. The van der Waals surface area contributed by atoms with E-state index < -0.39 is 0 Å². The standard InChI is InChI=1S/C19H16N4O2/c1-10-13(12-7-8-15-16(9-12)21-19(24)20-15)3-2-4-14(10)18-23-22-17(25-18)11-5-6-11/h2-4,7-9,11H,5-6H2,1H3,(H2,20,21,24). The van der Waals surface area contributed by atoms with Gasteiger partial charge in [-0.25, -0.2) is 4.79 Å². The normalized spacial score (nSPS) is 14.3. The van der Waals surface area contributed by atoms with E-state index in [-0.39, 0.29) is 5.69 Å². The minimum Gasteiger partial charge on any atom is -0.420 e. The molecule has 0 aliphatic heterocycles. The average Bonchev–Trinajstić information content (AvgIpc) is 3.22. The molecule has 0 unspecified atom stereocenters. The minimum atomic E-state index is -0.198. The molecule has 0 spiro atoms. The second-order valence-electron chi connectivity index (χ2n) is 6.54. The average molecular weight is 332 g/mol. The molecule has 5 rings (SSSR count). The van der Waals surface area contributed by atoms with Gasteiger partial charge in [-0.3, -0.25) is 0 Å². The van der Waals surface area contributed by atoms with Crippen molar-refractivity contribution in [1.82, 2.24) is 20.2 Å². The summed E-state index contributed by atoms with van der Waals surface area (Å²) < 4.78 is 5.86. The van der Waals surface area contributed by atoms with E-state index in [1.54, 1.807) is 0 Å². The number of nitrogens with one attached hydrogen (secondary N) is 2. The summed E-state index contributed by atoms with van der Waals surface area (Å²) in [4.78, 5) is 17.0. The quantitative estimate of drug-likeness (QED) is 0.598. The number of fused-ring (bicyclic) bond motifs is 1. The SMILES string of the molecule is Cc1c(-c2ccc3[nH]c(=O)[nH]c3c2)cccc1-c1nnc(C2CC2)o1. The summed E-state index contributed by atoms with van der Waals surface area (Å²) in [5.41, 5.74) is 5.52. The molecule has 1 saturated carbocycles. The van der Waals surface area contributed by atoms with Gasteiger partial charge < -0.3 is 14.4 Å². The topological polar surface area (TPSA) is 87.6 Å². The Morgan fingerprint density at radius 3 is 2.68 bits per heavy atom. The molecular weight excluding hydrogens is 316 g/mol. The van der Waals surface area contributed by atoms with E-state index in [2.05, 4.69) is 33.2 Å². The molecule has 0 atom stereocenters. The first-order chi connectivity index (χ1) is 12.2. The molecule has 0 saturated heterocycles. The number of nitrogens with zero attached hydrogens (tertiary/aromatic N) is 2. The fourth-order valence-electron chi connectivity index (χ4n) is 3.22. The van der Waals surface area contributed by atoms with Crippen molar-refractivity contribution in [2.45, 2.75) is 25.7 Å². The zero-order valence-corrected chi connectivity index (χ0v) is 13.7. The lowest BCUT2D eigenvalue weighted by atomic mass is 9.96. The van der Waals surface area contributed by atoms with Crippen LogP contribution in [-0.2, 0) is 0 Å². The molecule has 6 heteroatoms. The van der Waals surface area contributed by atoms with Gasteiger partial charge in [-0.1, -0.05) is 18.2 Å². The molecule has 2 aromatic carbocycles. The molecule has 0 bridgehead atoms. The number of aromatic nitrogens is 4. The largest absolute Gasteiger partial charge is 0.420 e. The van der Waals surface area contributed by atoms with Crippen LogP contribution in [0.2, 0.25) is 0 Å². The van der Waals surface area contributed by atoms with E-state index in [4.69, 9.17) is 4.42 Å². The van der Waals surface area contributed by atoms with Crippen molar-refractivity contribution in [1.29, 1.82) is 0 Å². The smallest absolute Gasteiger partial charge is 0.323 e. The van der Waals surface area contributed by atoms with Gasteiger partial charge in [0.15, 0.2) is 0 Å². The molecular formula is C19H16N4O2. The predicted octanol–water partition coefficient (Wildman–Crippen LogP) is 3.76. The highest BCUT2D eigenvalue weighted by Gasteiger charge is 2.29. The molecule has 1 fully saturated rings. The van der Waals surface area contributed by atoms with E-state index in [9.17, 15) is 4.79 Å². The first-order valence-electron chi connectivity index (χ1n) is 8.35. The highest BCUT2D eigenvalue weighted by Crippen LogP contribution is 2.40. The molecule has 1 aliphatic carbocycles. The van der Waals surface area contributed by atoms with Crippen LogP contribution in [0, 0.1) is 6.92 Å². The maximum Gasteiger partial charge on any atom is 0.323 e. The maximum absolute atomic E-state index is 11.5. The third kappa shape index (κ3) is 2.38. The molecule has 2 heterocycles. The summed E-state index contributed by atoms with van der Waals surface area (Å²) in [6, 6.07) is 11.9. The Morgan fingerprint density at radius 2 is 1.84 bits per heavy atom. The second-order valence-corrected chi connectivity index (χ2v) is 6.54. The van der Waals surface area contributed by atoms with Gasteiger partial charge in [-0.05, 0) is 54.7 Å². The van der Waals surface area contributed by atoms with Crippen LogP contribution >= 0.6 is 0 Å². The lowest BCUT2D eigenvalue weighted by Crippen LogP contribution is -1.99. The molecule has 2 N–H and O–H groups in total. The van der Waals surface area contributed by atoms with Crippen molar-refractivity contribution in [3.05, 3.63) is 58.3 Å². The van der Waals surface area contributed by atoms with Crippen molar-refractivity contribution in [3.63, 3.8) is 0 Å². The molecule has 124 valence electrons. The summed E-state index contributed by atoms with van der Waals surface area (Å²) >= 11 is 0. The van der Waals surface area contributed by atoms with Crippen molar-refractivity contribution in [2.24, 2.45) is 0 Å². The van der Waals surface area contributed by atoms with Gasteiger partial charge in [0.1, 0.15) is 0 Å². The molecule has 25 heavy (non-hydrogen) atoms. The molecule has 0 amide bonds. The van der Waals surface area contributed by atoms with Crippen LogP contribution in [0.25, 0.3) is 33.6 Å². The van der Waals surface area contributed by atoms with Crippen LogP contribution in [0.4, 0.5) is 0 Å². The number of imidazole rings is 1. The van der Waals surface area contributed by atoms with Crippen molar-refractivity contribution < 1.29 is 4.42 Å². The highest BCUT2D eigenvalue weighted by atomic mass is 16.4. The van der Waals surface area contributed by atoms with E-state index >= 15 is 0 Å². The summed E-state index contributed by atoms with van der Waals surface area (Å²) in [5, 5.41) is 8.41. The Bertz CT molecular complexity index is 1150. The van der Waals surface area contributed by atoms with Crippen LogP contribution in [0.3, 0.4) is 0 Å². The number of aromatic amines is 2. The number of benzene rings is 2. The Morgan fingerprint density at radius 1 is 1.04 bits per heavy atom. The van der Waals surface area contributed by atoms with Gasteiger partial charge in [0.25, 0.3) is 0 Å². The number of rotatable bonds is 3. The summed E-state index contributed by atoms with van der Waals surface area (Å²) in [6.07, 6.45) is 2.27. The van der Waals surface area contributed by atoms with E-state index in [1.165, 1.54) is 0 Å². The van der Waals surface area contributed by atoms with Gasteiger partial charge in [0.05, 0.1) is 11.0 Å². The van der Waals surface area contributed by atoms with Crippen LogP contribution in [0.1, 0.15) is 30.2 Å². The molecule has 6 nitrogen and oxygen atoms in total. The Labute approximate surface area is 142 Å². The number of hydrogen-bond acceptors (Lipinski definition) is 4.